The smallest absolute Gasteiger partial charge is 0.175 e. The van der Waals surface area contributed by atoms with Gasteiger partial charge in [-0.2, -0.15) is 0 Å². The molecule has 0 radical (unpaired) electrons. The lowest BCUT2D eigenvalue weighted by Gasteiger charge is -2.10. The van der Waals surface area contributed by atoms with E-state index in [4.69, 9.17) is 0 Å². The summed E-state index contributed by atoms with van der Waals surface area (Å²) < 4.78 is 36.3. The summed E-state index contributed by atoms with van der Waals surface area (Å²) in [5, 5.41) is 9.18. The van der Waals surface area contributed by atoms with Gasteiger partial charge >= 0.3 is 0 Å². The number of halogens is 1. The zero-order valence-corrected chi connectivity index (χ0v) is 10.3. The second kappa shape index (κ2) is 4.51. The maximum atomic E-state index is 13.5. The summed E-state index contributed by atoms with van der Waals surface area (Å²) >= 11 is 0. The van der Waals surface area contributed by atoms with Crippen LogP contribution in [0.3, 0.4) is 0 Å². The van der Waals surface area contributed by atoms with Gasteiger partial charge in [0.15, 0.2) is 9.84 Å². The highest BCUT2D eigenvalue weighted by atomic mass is 32.2. The van der Waals surface area contributed by atoms with Crippen molar-refractivity contribution >= 4 is 9.84 Å². The maximum absolute atomic E-state index is 13.5. The van der Waals surface area contributed by atoms with Crippen LogP contribution in [-0.2, 0) is 16.3 Å². The van der Waals surface area contributed by atoms with E-state index in [9.17, 15) is 17.9 Å². The highest BCUT2D eigenvalue weighted by Gasteiger charge is 2.15. The van der Waals surface area contributed by atoms with Crippen molar-refractivity contribution in [2.75, 3.05) is 6.26 Å². The van der Waals surface area contributed by atoms with Crippen LogP contribution in [0.15, 0.2) is 17.0 Å². The van der Waals surface area contributed by atoms with Crippen LogP contribution < -0.4 is 0 Å². The highest BCUT2D eigenvalue weighted by molar-refractivity contribution is 7.90. The second-order valence-corrected chi connectivity index (χ2v) is 6.02. The van der Waals surface area contributed by atoms with Gasteiger partial charge in [0.05, 0.1) is 11.0 Å². The molecule has 0 aliphatic heterocycles. The molecule has 3 nitrogen and oxygen atoms in total. The van der Waals surface area contributed by atoms with Gasteiger partial charge in [0.25, 0.3) is 0 Å². The van der Waals surface area contributed by atoms with Crippen molar-refractivity contribution in [1.82, 2.24) is 0 Å². The summed E-state index contributed by atoms with van der Waals surface area (Å²) in [5.41, 5.74) is 0.607. The van der Waals surface area contributed by atoms with Gasteiger partial charge < -0.3 is 5.11 Å². The molecule has 90 valence electrons. The predicted octanol–water partition coefficient (Wildman–Crippen LogP) is 1.46. The van der Waals surface area contributed by atoms with Crippen LogP contribution >= 0.6 is 0 Å². The van der Waals surface area contributed by atoms with Crippen LogP contribution in [0.2, 0.25) is 0 Å². The Kier molecular flexibility index (Phi) is 3.70. The molecule has 1 aromatic carbocycles. The van der Waals surface area contributed by atoms with Gasteiger partial charge in [0.2, 0.25) is 0 Å². The number of hydrogen-bond donors (Lipinski definition) is 1. The summed E-state index contributed by atoms with van der Waals surface area (Å²) in [7, 11) is -3.36. The van der Waals surface area contributed by atoms with Crippen LogP contribution in [0.5, 0.6) is 0 Å². The Bertz CT molecular complexity index is 492. The van der Waals surface area contributed by atoms with Gasteiger partial charge in [-0.3, -0.25) is 0 Å². The number of aliphatic hydroxyl groups excluding tert-OH is 1. The molecule has 0 amide bonds. The average Bonchev–Trinajstić information content (AvgIpc) is 2.06. The van der Waals surface area contributed by atoms with Gasteiger partial charge in [-0.15, -0.1) is 0 Å². The first-order chi connectivity index (χ1) is 7.21. The SMILES string of the molecule is Cc1cc(F)c(CC(C)O)cc1S(C)(=O)=O. The predicted molar refractivity (Wildman–Crippen MR) is 59.6 cm³/mol. The van der Waals surface area contributed by atoms with Gasteiger partial charge in [-0.1, -0.05) is 0 Å². The first kappa shape index (κ1) is 13.1. The molecule has 1 aromatic rings. The fraction of sp³-hybridized carbons (Fsp3) is 0.455. The van der Waals surface area contributed by atoms with Crippen molar-refractivity contribution in [3.8, 4) is 0 Å². The first-order valence-corrected chi connectivity index (χ1v) is 6.78. The summed E-state index contributed by atoms with van der Waals surface area (Å²) in [4.78, 5) is 0.115. The molecule has 0 spiro atoms. The Hall–Kier alpha value is -0.940. The van der Waals surface area contributed by atoms with Crippen molar-refractivity contribution in [3.05, 3.63) is 29.1 Å². The first-order valence-electron chi connectivity index (χ1n) is 4.89. The highest BCUT2D eigenvalue weighted by Crippen LogP contribution is 2.21. The normalized spacial score (nSPS) is 13.8. The third-order valence-electron chi connectivity index (χ3n) is 2.26. The zero-order valence-electron chi connectivity index (χ0n) is 9.49. The molecular formula is C11H15FO3S. The Morgan fingerprint density at radius 2 is 2.00 bits per heavy atom. The van der Waals surface area contributed by atoms with E-state index < -0.39 is 21.8 Å². The zero-order chi connectivity index (χ0) is 12.5. The van der Waals surface area contributed by atoms with E-state index in [2.05, 4.69) is 0 Å². The number of rotatable bonds is 3. The van der Waals surface area contributed by atoms with Gasteiger partial charge in [0, 0.05) is 12.7 Å². The van der Waals surface area contributed by atoms with Crippen molar-refractivity contribution < 1.29 is 17.9 Å². The average molecular weight is 246 g/mol. The molecule has 0 saturated heterocycles. The fourth-order valence-electron chi connectivity index (χ4n) is 1.57. The Balaban J connectivity index is 3.33. The van der Waals surface area contributed by atoms with Crippen LogP contribution in [0.1, 0.15) is 18.1 Å². The molecule has 5 heteroatoms. The molecule has 1 N–H and O–H groups in total. The van der Waals surface area contributed by atoms with Crippen molar-refractivity contribution in [1.29, 1.82) is 0 Å². The molecule has 1 atom stereocenters. The lowest BCUT2D eigenvalue weighted by Crippen LogP contribution is -2.09. The van der Waals surface area contributed by atoms with Crippen molar-refractivity contribution in [2.45, 2.75) is 31.3 Å². The minimum absolute atomic E-state index is 0.106. The third-order valence-corrected chi connectivity index (χ3v) is 3.50. The molecule has 0 bridgehead atoms. The Morgan fingerprint density at radius 3 is 2.44 bits per heavy atom. The summed E-state index contributed by atoms with van der Waals surface area (Å²) in [6, 6.07) is 2.49. The largest absolute Gasteiger partial charge is 0.393 e. The third kappa shape index (κ3) is 3.02. The molecule has 16 heavy (non-hydrogen) atoms. The number of sulfone groups is 1. The number of hydrogen-bond acceptors (Lipinski definition) is 3. The number of benzene rings is 1. The molecule has 0 aromatic heterocycles. The molecule has 0 fully saturated rings. The minimum Gasteiger partial charge on any atom is -0.393 e. The molecule has 0 aliphatic carbocycles. The van der Waals surface area contributed by atoms with E-state index in [1.54, 1.807) is 6.92 Å². The van der Waals surface area contributed by atoms with Gasteiger partial charge in [0.1, 0.15) is 5.82 Å². The van der Waals surface area contributed by atoms with E-state index >= 15 is 0 Å². The van der Waals surface area contributed by atoms with Gasteiger partial charge in [-0.05, 0) is 37.1 Å². The van der Waals surface area contributed by atoms with E-state index in [0.29, 0.717) is 5.56 Å². The Morgan fingerprint density at radius 1 is 1.44 bits per heavy atom. The maximum Gasteiger partial charge on any atom is 0.175 e. The fourth-order valence-corrected chi connectivity index (χ4v) is 2.57. The summed E-state index contributed by atoms with van der Waals surface area (Å²) in [5.74, 6) is -0.481. The quantitative estimate of drug-likeness (QED) is 0.821. The lowest BCUT2D eigenvalue weighted by atomic mass is 10.1. The molecule has 0 saturated carbocycles. The van der Waals surface area contributed by atoms with E-state index in [-0.39, 0.29) is 16.9 Å². The van der Waals surface area contributed by atoms with Crippen LogP contribution in [0.4, 0.5) is 4.39 Å². The van der Waals surface area contributed by atoms with Crippen LogP contribution in [0, 0.1) is 12.7 Å². The summed E-state index contributed by atoms with van der Waals surface area (Å²) in [6.07, 6.45) is 0.484. The lowest BCUT2D eigenvalue weighted by molar-refractivity contribution is 0.194. The minimum atomic E-state index is -3.36. The monoisotopic (exact) mass is 246 g/mol. The summed E-state index contributed by atoms with van der Waals surface area (Å²) in [6.45, 7) is 3.07. The van der Waals surface area contributed by atoms with Crippen molar-refractivity contribution in [3.63, 3.8) is 0 Å². The van der Waals surface area contributed by atoms with Gasteiger partial charge in [-0.25, -0.2) is 12.8 Å². The Labute approximate surface area is 94.8 Å². The molecule has 0 heterocycles. The van der Waals surface area contributed by atoms with E-state index in [0.717, 1.165) is 6.26 Å². The number of aryl methyl sites for hydroxylation is 1. The van der Waals surface area contributed by atoms with Crippen LogP contribution in [0.25, 0.3) is 0 Å². The second-order valence-electron chi connectivity index (χ2n) is 4.03. The van der Waals surface area contributed by atoms with Crippen LogP contribution in [-0.4, -0.2) is 25.9 Å². The molecular weight excluding hydrogens is 231 g/mol. The molecule has 0 aliphatic rings. The topological polar surface area (TPSA) is 54.4 Å². The number of aliphatic hydroxyl groups is 1. The van der Waals surface area contributed by atoms with E-state index in [1.807, 2.05) is 0 Å². The van der Waals surface area contributed by atoms with Crippen molar-refractivity contribution in [2.24, 2.45) is 0 Å². The molecule has 1 rings (SSSR count). The molecule has 1 unspecified atom stereocenters. The standard InChI is InChI=1S/C11H15FO3S/c1-7-4-10(12)9(5-8(2)13)6-11(7)16(3,14)15/h4,6,8,13H,5H2,1-3H3. The van der Waals surface area contributed by atoms with E-state index in [1.165, 1.54) is 19.1 Å².